The highest BCUT2D eigenvalue weighted by Crippen LogP contribution is 2.43. The van der Waals surface area contributed by atoms with E-state index in [1.807, 2.05) is 60.2 Å². The molecule has 0 aliphatic heterocycles. The number of benzene rings is 6. The first-order valence-electron chi connectivity index (χ1n) is 14.9. The fourth-order valence-corrected chi connectivity index (χ4v) is 8.01. The molecule has 0 saturated heterocycles. The first-order chi connectivity index (χ1) is 21.8. The molecule has 208 valence electrons. The van der Waals surface area contributed by atoms with E-state index in [2.05, 4.69) is 102 Å². The lowest BCUT2D eigenvalue weighted by atomic mass is 9.97. The van der Waals surface area contributed by atoms with Crippen LogP contribution in [0.15, 0.2) is 150 Å². The van der Waals surface area contributed by atoms with Gasteiger partial charge >= 0.3 is 0 Å². The molecule has 6 aromatic carbocycles. The van der Waals surface area contributed by atoms with Crippen LogP contribution in [-0.4, -0.2) is 16.9 Å². The lowest BCUT2D eigenvalue weighted by Gasteiger charge is -2.16. The summed E-state index contributed by atoms with van der Waals surface area (Å²) in [4.78, 5) is 5.16. The third kappa shape index (κ3) is 3.71. The number of aromatic nitrogens is 1. The van der Waals surface area contributed by atoms with E-state index >= 15 is 0 Å². The van der Waals surface area contributed by atoms with Gasteiger partial charge in [-0.15, -0.1) is 11.3 Å². The number of thiophene rings is 1. The van der Waals surface area contributed by atoms with Gasteiger partial charge < -0.3 is 10.3 Å². The van der Waals surface area contributed by atoms with Crippen LogP contribution in [0.25, 0.3) is 69.2 Å². The molecule has 9 rings (SSSR count). The summed E-state index contributed by atoms with van der Waals surface area (Å²) in [7, 11) is 0. The first-order valence-corrected chi connectivity index (χ1v) is 15.7. The molecule has 3 nitrogen and oxygen atoms in total. The van der Waals surface area contributed by atoms with E-state index in [0.717, 1.165) is 27.9 Å². The summed E-state index contributed by atoms with van der Waals surface area (Å²) in [6.45, 7) is 0. The highest BCUT2D eigenvalue weighted by atomic mass is 32.1. The molecule has 1 unspecified atom stereocenters. The average molecular weight is 582 g/mol. The van der Waals surface area contributed by atoms with E-state index in [4.69, 9.17) is 10.7 Å². The van der Waals surface area contributed by atoms with Gasteiger partial charge in [0.2, 0.25) is 0 Å². The molecule has 0 spiro atoms. The minimum Gasteiger partial charge on any atom is -0.398 e. The highest BCUT2D eigenvalue weighted by Gasteiger charge is 2.19. The zero-order valence-corrected chi connectivity index (χ0v) is 24.6. The van der Waals surface area contributed by atoms with Crippen molar-refractivity contribution in [2.45, 2.75) is 6.04 Å². The quantitative estimate of drug-likeness (QED) is 0.164. The summed E-state index contributed by atoms with van der Waals surface area (Å²) in [5, 5.41) is 10.2. The van der Waals surface area contributed by atoms with E-state index in [1.165, 1.54) is 52.5 Å². The largest absolute Gasteiger partial charge is 0.398 e. The van der Waals surface area contributed by atoms with Crippen molar-refractivity contribution < 1.29 is 0 Å². The number of hydrogen-bond donors (Lipinski definition) is 1. The Labute approximate surface area is 258 Å². The molecule has 0 saturated carbocycles. The van der Waals surface area contributed by atoms with E-state index < -0.39 is 0 Å². The van der Waals surface area contributed by atoms with Crippen LogP contribution in [-0.2, 0) is 0 Å². The van der Waals surface area contributed by atoms with Gasteiger partial charge in [-0.3, -0.25) is 4.99 Å². The van der Waals surface area contributed by atoms with Crippen molar-refractivity contribution in [2.24, 2.45) is 10.7 Å². The lowest BCUT2D eigenvalue weighted by Crippen LogP contribution is -2.13. The Bertz CT molecular complexity index is 2560. The van der Waals surface area contributed by atoms with Crippen molar-refractivity contribution in [2.75, 3.05) is 0 Å². The summed E-state index contributed by atoms with van der Waals surface area (Å²) in [5.74, 6) is 0. The molecule has 1 aliphatic rings. The molecule has 44 heavy (non-hydrogen) atoms. The third-order valence-electron chi connectivity index (χ3n) is 8.93. The number of nitrogens with two attached hydrogens (primary N) is 1. The minimum absolute atomic E-state index is 0.189. The van der Waals surface area contributed by atoms with Crippen molar-refractivity contribution in [3.63, 3.8) is 0 Å². The smallest absolute Gasteiger partial charge is 0.0971 e. The van der Waals surface area contributed by atoms with E-state index in [9.17, 15) is 0 Å². The molecule has 2 N–H and O–H groups in total. The molecule has 0 bridgehead atoms. The van der Waals surface area contributed by atoms with Crippen LogP contribution >= 0.6 is 11.3 Å². The maximum absolute atomic E-state index is 6.71. The van der Waals surface area contributed by atoms with Gasteiger partial charge in [-0.05, 0) is 51.4 Å². The van der Waals surface area contributed by atoms with Crippen LogP contribution in [0.1, 0.15) is 5.56 Å². The van der Waals surface area contributed by atoms with E-state index in [1.54, 1.807) is 0 Å². The molecule has 0 amide bonds. The molecule has 1 aliphatic carbocycles. The van der Waals surface area contributed by atoms with Crippen molar-refractivity contribution in [1.29, 1.82) is 0 Å². The maximum Gasteiger partial charge on any atom is 0.0971 e. The van der Waals surface area contributed by atoms with Gasteiger partial charge in [0.25, 0.3) is 0 Å². The molecular weight excluding hydrogens is 555 g/mol. The SMILES string of the molecule is N/C(=C1/C=CC=CC1/N=C/n1c2ccc3ccccc3c2c2c3ccc4sc5ccccc5c4c3ccc21)c1ccccc1. The lowest BCUT2D eigenvalue weighted by molar-refractivity contribution is 0.966. The predicted octanol–water partition coefficient (Wildman–Crippen LogP) is 10.2. The predicted molar refractivity (Wildman–Crippen MR) is 191 cm³/mol. The second-order valence-electron chi connectivity index (χ2n) is 11.3. The molecule has 0 radical (unpaired) electrons. The second kappa shape index (κ2) is 9.80. The topological polar surface area (TPSA) is 43.3 Å². The minimum atomic E-state index is -0.189. The van der Waals surface area contributed by atoms with Crippen LogP contribution in [0.4, 0.5) is 0 Å². The third-order valence-corrected chi connectivity index (χ3v) is 10.1. The monoisotopic (exact) mass is 581 g/mol. The summed E-state index contributed by atoms with van der Waals surface area (Å²) in [6.07, 6.45) is 10.3. The van der Waals surface area contributed by atoms with Crippen molar-refractivity contribution >= 4 is 86.9 Å². The van der Waals surface area contributed by atoms with Crippen LogP contribution in [0, 0.1) is 0 Å². The molecule has 2 heterocycles. The summed E-state index contributed by atoms with van der Waals surface area (Å²) < 4.78 is 4.90. The van der Waals surface area contributed by atoms with Crippen LogP contribution in [0.5, 0.6) is 0 Å². The van der Waals surface area contributed by atoms with Gasteiger partial charge in [-0.25, -0.2) is 0 Å². The Balaban J connectivity index is 1.32. The molecule has 4 heteroatoms. The van der Waals surface area contributed by atoms with Gasteiger partial charge in [-0.2, -0.15) is 0 Å². The zero-order chi connectivity index (χ0) is 29.2. The Hall–Kier alpha value is -5.45. The number of allylic oxidation sites excluding steroid dienone is 2. The van der Waals surface area contributed by atoms with Gasteiger partial charge in [0.1, 0.15) is 0 Å². The van der Waals surface area contributed by atoms with Gasteiger partial charge in [0.05, 0.1) is 23.4 Å². The number of fused-ring (bicyclic) bond motifs is 11. The van der Waals surface area contributed by atoms with Gasteiger partial charge in [0.15, 0.2) is 0 Å². The molecule has 1 atom stereocenters. The Morgan fingerprint density at radius 1 is 0.636 bits per heavy atom. The average Bonchev–Trinajstić information content (AvgIpc) is 3.63. The zero-order valence-electron chi connectivity index (χ0n) is 23.8. The Morgan fingerprint density at radius 3 is 2.23 bits per heavy atom. The summed E-state index contributed by atoms with van der Waals surface area (Å²) >= 11 is 1.87. The van der Waals surface area contributed by atoms with Crippen molar-refractivity contribution in [3.05, 3.63) is 151 Å². The molecule has 8 aromatic rings. The maximum atomic E-state index is 6.71. The standard InChI is InChI=1S/C40H27N3S/c41-40(26-11-2-1-3-12-26)30-14-6-8-16-32(30)42-24-43-33-21-18-25-10-4-5-13-27(25)38(33)39-29-20-23-36-37(28(29)19-22-34(39)43)31-15-7-9-17-35(31)44-36/h1-24,32H,41H2/b40-30-,42-24+. The molecule has 0 fully saturated rings. The van der Waals surface area contributed by atoms with Crippen LogP contribution < -0.4 is 5.73 Å². The number of rotatable bonds is 3. The van der Waals surface area contributed by atoms with Crippen LogP contribution in [0.3, 0.4) is 0 Å². The van der Waals surface area contributed by atoms with Crippen molar-refractivity contribution in [1.82, 2.24) is 4.57 Å². The van der Waals surface area contributed by atoms with Crippen molar-refractivity contribution in [3.8, 4) is 0 Å². The Kier molecular flexibility index (Phi) is 5.59. The number of aliphatic imine (C=N–C) groups is 1. The second-order valence-corrected chi connectivity index (χ2v) is 12.4. The fraction of sp³-hybridized carbons (Fsp3) is 0.0250. The number of nitrogens with zero attached hydrogens (tertiary/aromatic N) is 2. The highest BCUT2D eigenvalue weighted by molar-refractivity contribution is 7.26. The first kappa shape index (κ1) is 25.1. The summed E-state index contributed by atoms with van der Waals surface area (Å²) in [6, 6.07) is 41.0. The van der Waals surface area contributed by atoms with E-state index in [0.29, 0.717) is 0 Å². The Morgan fingerprint density at radius 2 is 1.34 bits per heavy atom. The van der Waals surface area contributed by atoms with E-state index in [-0.39, 0.29) is 6.04 Å². The number of hydrogen-bond acceptors (Lipinski definition) is 3. The van der Waals surface area contributed by atoms with Crippen LogP contribution in [0.2, 0.25) is 0 Å². The molecular formula is C40H27N3S. The molecule has 2 aromatic heterocycles. The van der Waals surface area contributed by atoms with Gasteiger partial charge in [0, 0.05) is 42.2 Å². The van der Waals surface area contributed by atoms with Gasteiger partial charge in [-0.1, -0.05) is 115 Å². The normalized spacial score (nSPS) is 16.5. The fourth-order valence-electron chi connectivity index (χ4n) is 6.89. The summed E-state index contributed by atoms with van der Waals surface area (Å²) in [5.41, 5.74) is 11.7.